The van der Waals surface area contributed by atoms with E-state index in [0.717, 1.165) is 25.0 Å². The van der Waals surface area contributed by atoms with Crippen molar-refractivity contribution in [2.75, 3.05) is 13.1 Å². The molecule has 0 saturated carbocycles. The monoisotopic (exact) mass is 356 g/mol. The number of hydrogen-bond acceptors (Lipinski definition) is 3. The van der Waals surface area contributed by atoms with E-state index < -0.39 is 15.8 Å². The van der Waals surface area contributed by atoms with Gasteiger partial charge in [0.1, 0.15) is 5.82 Å². The smallest absolute Gasteiger partial charge is 0.243 e. The minimum absolute atomic E-state index is 0.0601. The predicted molar refractivity (Wildman–Crippen MR) is 90.4 cm³/mol. The van der Waals surface area contributed by atoms with Crippen LogP contribution in [-0.2, 0) is 14.8 Å². The standard InChI is InChI=1S/C17H25FN2O3S/c1-3-15(4-2)19-17(21)13-6-5-11-20(12-13)24(22,23)16-9-7-14(18)8-10-16/h7-10,13,15H,3-6,11-12H2,1-2H3,(H,19,21)/t13-/m1/s1. The molecule has 0 aromatic heterocycles. The van der Waals surface area contributed by atoms with E-state index in [1.165, 1.54) is 16.4 Å². The SMILES string of the molecule is CCC(CC)NC(=O)[C@@H]1CCCN(S(=O)(=O)c2ccc(F)cc2)C1. The van der Waals surface area contributed by atoms with Crippen LogP contribution in [0.3, 0.4) is 0 Å². The molecule has 1 fully saturated rings. The largest absolute Gasteiger partial charge is 0.353 e. The van der Waals surface area contributed by atoms with Crippen molar-refractivity contribution in [2.24, 2.45) is 5.92 Å². The van der Waals surface area contributed by atoms with Gasteiger partial charge in [0.2, 0.25) is 15.9 Å². The Kier molecular flexibility index (Phi) is 6.34. The third-order valence-corrected chi connectivity index (χ3v) is 6.42. The van der Waals surface area contributed by atoms with Crippen molar-refractivity contribution in [1.82, 2.24) is 9.62 Å². The molecule has 2 rings (SSSR count). The van der Waals surface area contributed by atoms with E-state index in [1.807, 2.05) is 13.8 Å². The van der Waals surface area contributed by atoms with Gasteiger partial charge in [-0.2, -0.15) is 4.31 Å². The number of carbonyl (C=O) groups is 1. The Morgan fingerprint density at radius 1 is 1.29 bits per heavy atom. The summed E-state index contributed by atoms with van der Waals surface area (Å²) in [6, 6.07) is 4.92. The summed E-state index contributed by atoms with van der Waals surface area (Å²) in [5.41, 5.74) is 0. The van der Waals surface area contributed by atoms with E-state index in [4.69, 9.17) is 0 Å². The molecule has 0 spiro atoms. The van der Waals surface area contributed by atoms with Crippen molar-refractivity contribution in [3.8, 4) is 0 Å². The number of rotatable bonds is 6. The summed E-state index contributed by atoms with van der Waals surface area (Å²) in [5, 5.41) is 3.00. The topological polar surface area (TPSA) is 66.5 Å². The van der Waals surface area contributed by atoms with Gasteiger partial charge in [-0.3, -0.25) is 4.79 Å². The summed E-state index contributed by atoms with van der Waals surface area (Å²) in [4.78, 5) is 12.5. The maximum Gasteiger partial charge on any atom is 0.243 e. The maximum absolute atomic E-state index is 13.0. The van der Waals surface area contributed by atoms with Gasteiger partial charge in [-0.1, -0.05) is 13.8 Å². The van der Waals surface area contributed by atoms with Crippen LogP contribution in [0.4, 0.5) is 4.39 Å². The lowest BCUT2D eigenvalue weighted by molar-refractivity contribution is -0.126. The molecule has 7 heteroatoms. The fourth-order valence-electron chi connectivity index (χ4n) is 2.94. The summed E-state index contributed by atoms with van der Waals surface area (Å²) in [6.07, 6.45) is 3.03. The Hall–Kier alpha value is -1.47. The van der Waals surface area contributed by atoms with Crippen molar-refractivity contribution in [3.05, 3.63) is 30.1 Å². The third kappa shape index (κ3) is 4.33. The highest BCUT2D eigenvalue weighted by atomic mass is 32.2. The molecular weight excluding hydrogens is 331 g/mol. The summed E-state index contributed by atoms with van der Waals surface area (Å²) in [5.74, 6) is -0.896. The summed E-state index contributed by atoms with van der Waals surface area (Å²) in [7, 11) is -3.70. The van der Waals surface area contributed by atoms with Crippen molar-refractivity contribution < 1.29 is 17.6 Å². The van der Waals surface area contributed by atoms with Crippen molar-refractivity contribution in [1.29, 1.82) is 0 Å². The van der Waals surface area contributed by atoms with Crippen LogP contribution >= 0.6 is 0 Å². The van der Waals surface area contributed by atoms with Gasteiger partial charge in [-0.15, -0.1) is 0 Å². The average Bonchev–Trinajstić information content (AvgIpc) is 2.60. The summed E-state index contributed by atoms with van der Waals surface area (Å²) < 4.78 is 39.7. The predicted octanol–water partition coefficient (Wildman–Crippen LogP) is 2.53. The number of carbonyl (C=O) groups excluding carboxylic acids is 1. The lowest BCUT2D eigenvalue weighted by Crippen LogP contribution is -2.47. The highest BCUT2D eigenvalue weighted by molar-refractivity contribution is 7.89. The first-order valence-electron chi connectivity index (χ1n) is 8.44. The van der Waals surface area contributed by atoms with Gasteiger partial charge in [-0.05, 0) is 49.9 Å². The van der Waals surface area contributed by atoms with E-state index in [9.17, 15) is 17.6 Å². The zero-order chi connectivity index (χ0) is 17.7. The lowest BCUT2D eigenvalue weighted by atomic mass is 9.98. The van der Waals surface area contributed by atoms with Crippen molar-refractivity contribution in [2.45, 2.75) is 50.5 Å². The second-order valence-electron chi connectivity index (χ2n) is 6.18. The highest BCUT2D eigenvalue weighted by Crippen LogP contribution is 2.24. The number of piperidine rings is 1. The van der Waals surface area contributed by atoms with Crippen LogP contribution in [0.15, 0.2) is 29.2 Å². The highest BCUT2D eigenvalue weighted by Gasteiger charge is 2.33. The number of halogens is 1. The van der Waals surface area contributed by atoms with Gasteiger partial charge in [0, 0.05) is 19.1 Å². The number of nitrogens with zero attached hydrogens (tertiary/aromatic N) is 1. The van der Waals surface area contributed by atoms with Crippen molar-refractivity contribution >= 4 is 15.9 Å². The molecule has 1 N–H and O–H groups in total. The van der Waals surface area contributed by atoms with Crippen LogP contribution in [0.1, 0.15) is 39.5 Å². The van der Waals surface area contributed by atoms with Gasteiger partial charge in [-0.25, -0.2) is 12.8 Å². The fourth-order valence-corrected chi connectivity index (χ4v) is 4.47. The normalized spacial score (nSPS) is 19.4. The van der Waals surface area contributed by atoms with E-state index in [2.05, 4.69) is 5.32 Å². The van der Waals surface area contributed by atoms with Gasteiger partial charge >= 0.3 is 0 Å². The zero-order valence-electron chi connectivity index (χ0n) is 14.2. The molecule has 0 bridgehead atoms. The molecule has 1 aromatic carbocycles. The molecule has 1 amide bonds. The molecule has 0 radical (unpaired) electrons. The van der Waals surface area contributed by atoms with E-state index in [1.54, 1.807) is 0 Å². The average molecular weight is 356 g/mol. The Morgan fingerprint density at radius 2 is 1.92 bits per heavy atom. The Balaban J connectivity index is 2.09. The number of nitrogens with one attached hydrogen (secondary N) is 1. The Bertz CT molecular complexity index is 657. The third-order valence-electron chi connectivity index (χ3n) is 4.54. The molecule has 5 nitrogen and oxygen atoms in total. The second kappa shape index (κ2) is 8.07. The molecule has 1 saturated heterocycles. The number of amides is 1. The molecule has 0 unspecified atom stereocenters. The Morgan fingerprint density at radius 3 is 2.50 bits per heavy atom. The van der Waals surface area contributed by atoms with Gasteiger partial charge < -0.3 is 5.32 Å². The first kappa shape index (κ1) is 18.9. The Labute approximate surface area is 143 Å². The molecule has 1 aromatic rings. The quantitative estimate of drug-likeness (QED) is 0.852. The second-order valence-corrected chi connectivity index (χ2v) is 8.12. The molecule has 1 aliphatic rings. The molecular formula is C17H25FN2O3S. The van der Waals surface area contributed by atoms with Crippen LogP contribution in [0.25, 0.3) is 0 Å². The van der Waals surface area contributed by atoms with E-state index in [0.29, 0.717) is 19.4 Å². The van der Waals surface area contributed by atoms with Crippen LogP contribution in [0.2, 0.25) is 0 Å². The van der Waals surface area contributed by atoms with Gasteiger partial charge in [0.25, 0.3) is 0 Å². The summed E-state index contributed by atoms with van der Waals surface area (Å²) >= 11 is 0. The number of sulfonamides is 1. The first-order chi connectivity index (χ1) is 11.4. The molecule has 24 heavy (non-hydrogen) atoms. The van der Waals surface area contributed by atoms with Crippen LogP contribution in [-0.4, -0.2) is 37.8 Å². The first-order valence-corrected chi connectivity index (χ1v) is 9.88. The van der Waals surface area contributed by atoms with Crippen LogP contribution < -0.4 is 5.32 Å². The molecule has 1 aliphatic heterocycles. The molecule has 1 heterocycles. The molecule has 1 atom stereocenters. The van der Waals surface area contributed by atoms with Crippen LogP contribution in [0.5, 0.6) is 0 Å². The van der Waals surface area contributed by atoms with Gasteiger partial charge in [0.15, 0.2) is 0 Å². The van der Waals surface area contributed by atoms with Crippen LogP contribution in [0, 0.1) is 11.7 Å². The summed E-state index contributed by atoms with van der Waals surface area (Å²) in [6.45, 7) is 4.58. The molecule has 0 aliphatic carbocycles. The lowest BCUT2D eigenvalue weighted by Gasteiger charge is -2.32. The number of hydrogen-bond donors (Lipinski definition) is 1. The minimum Gasteiger partial charge on any atom is -0.353 e. The number of benzene rings is 1. The maximum atomic E-state index is 13.0. The fraction of sp³-hybridized carbons (Fsp3) is 0.588. The minimum atomic E-state index is -3.70. The molecule has 134 valence electrons. The van der Waals surface area contributed by atoms with E-state index >= 15 is 0 Å². The van der Waals surface area contributed by atoms with Gasteiger partial charge in [0.05, 0.1) is 10.8 Å². The van der Waals surface area contributed by atoms with E-state index in [-0.39, 0.29) is 29.3 Å². The van der Waals surface area contributed by atoms with Crippen molar-refractivity contribution in [3.63, 3.8) is 0 Å². The zero-order valence-corrected chi connectivity index (χ0v) is 15.0.